The summed E-state index contributed by atoms with van der Waals surface area (Å²) in [6, 6.07) is 13.6. The Hall–Kier alpha value is -1.32. The third kappa shape index (κ3) is 2.04. The first-order valence-corrected chi connectivity index (χ1v) is 6.98. The highest BCUT2D eigenvalue weighted by molar-refractivity contribution is 9.08. The topological polar surface area (TPSA) is 26.0 Å². The van der Waals surface area contributed by atoms with Gasteiger partial charge in [0, 0.05) is 10.9 Å². The number of rotatable bonds is 2. The van der Waals surface area contributed by atoms with Crippen molar-refractivity contribution in [3.05, 3.63) is 53.1 Å². The van der Waals surface area contributed by atoms with Crippen LogP contribution in [0, 0.1) is 0 Å². The first-order valence-electron chi connectivity index (χ1n) is 5.48. The average molecular weight is 323 g/mol. The van der Waals surface area contributed by atoms with Gasteiger partial charge in [-0.15, -0.1) is 0 Å². The molecule has 0 N–H and O–H groups in total. The van der Waals surface area contributed by atoms with E-state index in [1.165, 1.54) is 5.56 Å². The van der Waals surface area contributed by atoms with E-state index in [1.54, 1.807) is 6.07 Å². The zero-order valence-corrected chi connectivity index (χ0v) is 11.7. The van der Waals surface area contributed by atoms with E-state index in [2.05, 4.69) is 20.9 Å². The monoisotopic (exact) mass is 321 g/mol. The van der Waals surface area contributed by atoms with Crippen LogP contribution in [0.5, 0.6) is 0 Å². The summed E-state index contributed by atoms with van der Waals surface area (Å²) in [5.74, 6) is 0.597. The van der Waals surface area contributed by atoms with Crippen molar-refractivity contribution in [1.82, 2.24) is 4.98 Å². The van der Waals surface area contributed by atoms with Gasteiger partial charge in [-0.3, -0.25) is 0 Å². The summed E-state index contributed by atoms with van der Waals surface area (Å²) >= 11 is 9.48. The molecule has 0 radical (unpaired) electrons. The van der Waals surface area contributed by atoms with Crippen molar-refractivity contribution < 1.29 is 4.42 Å². The van der Waals surface area contributed by atoms with Crippen molar-refractivity contribution in [1.29, 1.82) is 0 Å². The van der Waals surface area contributed by atoms with E-state index < -0.39 is 0 Å². The molecule has 0 bridgehead atoms. The second-order valence-electron chi connectivity index (χ2n) is 3.94. The van der Waals surface area contributed by atoms with Gasteiger partial charge in [0.1, 0.15) is 5.52 Å². The Bertz CT molecular complexity index is 691. The van der Waals surface area contributed by atoms with Gasteiger partial charge >= 0.3 is 0 Å². The highest BCUT2D eigenvalue weighted by Gasteiger charge is 2.10. The van der Waals surface area contributed by atoms with Crippen LogP contribution in [-0.2, 0) is 5.33 Å². The molecular formula is C14H9BrClNO. The van der Waals surface area contributed by atoms with Crippen molar-refractivity contribution in [2.24, 2.45) is 0 Å². The number of alkyl halides is 1. The first-order chi connectivity index (χ1) is 8.78. The van der Waals surface area contributed by atoms with Crippen LogP contribution in [0.15, 0.2) is 46.9 Å². The predicted octanol–water partition coefficient (Wildman–Crippen LogP) is 5.04. The van der Waals surface area contributed by atoms with Crippen molar-refractivity contribution in [2.75, 3.05) is 0 Å². The second kappa shape index (κ2) is 4.75. The van der Waals surface area contributed by atoms with E-state index in [0.29, 0.717) is 16.5 Å². The molecule has 3 aromatic rings. The Morgan fingerprint density at radius 3 is 2.56 bits per heavy atom. The van der Waals surface area contributed by atoms with Gasteiger partial charge in [-0.25, -0.2) is 4.98 Å². The molecule has 0 aliphatic carbocycles. The molecule has 90 valence electrons. The fourth-order valence-electron chi connectivity index (χ4n) is 1.78. The lowest BCUT2D eigenvalue weighted by atomic mass is 10.1. The van der Waals surface area contributed by atoms with E-state index in [-0.39, 0.29) is 0 Å². The largest absolute Gasteiger partial charge is 0.435 e. The lowest BCUT2D eigenvalue weighted by Gasteiger charge is -1.97. The summed E-state index contributed by atoms with van der Waals surface area (Å²) in [5.41, 5.74) is 3.58. The number of halogens is 2. The van der Waals surface area contributed by atoms with Gasteiger partial charge in [0.2, 0.25) is 5.89 Å². The van der Waals surface area contributed by atoms with Crippen LogP contribution in [0.25, 0.3) is 22.6 Å². The van der Waals surface area contributed by atoms with Gasteiger partial charge in [0.25, 0.3) is 0 Å². The molecule has 1 aromatic heterocycles. The number of hydrogen-bond donors (Lipinski definition) is 0. The quantitative estimate of drug-likeness (QED) is 0.618. The lowest BCUT2D eigenvalue weighted by Crippen LogP contribution is -1.79. The minimum atomic E-state index is 0.586. The minimum Gasteiger partial charge on any atom is -0.435 e. The van der Waals surface area contributed by atoms with Crippen molar-refractivity contribution in [3.63, 3.8) is 0 Å². The molecule has 2 aromatic carbocycles. The molecule has 18 heavy (non-hydrogen) atoms. The zero-order valence-electron chi connectivity index (χ0n) is 9.36. The van der Waals surface area contributed by atoms with Crippen LogP contribution in [0.1, 0.15) is 5.56 Å². The van der Waals surface area contributed by atoms with Crippen LogP contribution < -0.4 is 0 Å². The van der Waals surface area contributed by atoms with E-state index in [0.717, 1.165) is 16.4 Å². The summed E-state index contributed by atoms with van der Waals surface area (Å²) < 4.78 is 5.70. The fraction of sp³-hybridized carbons (Fsp3) is 0.0714. The molecule has 0 fully saturated rings. The van der Waals surface area contributed by atoms with Crippen LogP contribution in [0.2, 0.25) is 5.02 Å². The molecule has 3 rings (SSSR count). The molecule has 1 heterocycles. The van der Waals surface area contributed by atoms with Crippen LogP contribution in [0.4, 0.5) is 0 Å². The van der Waals surface area contributed by atoms with Crippen LogP contribution >= 0.6 is 27.5 Å². The van der Waals surface area contributed by atoms with E-state index in [4.69, 9.17) is 16.0 Å². The molecule has 2 nitrogen and oxygen atoms in total. The van der Waals surface area contributed by atoms with Gasteiger partial charge in [-0.2, -0.15) is 0 Å². The molecule has 4 heteroatoms. The molecule has 0 spiro atoms. The number of oxazole rings is 1. The number of nitrogens with zero attached hydrogens (tertiary/aromatic N) is 1. The number of para-hydroxylation sites is 1. The standard InChI is InChI=1S/C14H9BrClNO/c15-8-9-4-6-10(7-5-9)14-17-12-3-1-2-11(16)13(12)18-14/h1-7H,8H2. The summed E-state index contributed by atoms with van der Waals surface area (Å²) in [6.07, 6.45) is 0. The number of benzene rings is 2. The predicted molar refractivity (Wildman–Crippen MR) is 77.1 cm³/mol. The Morgan fingerprint density at radius 1 is 1.11 bits per heavy atom. The molecule has 0 atom stereocenters. The summed E-state index contributed by atoms with van der Waals surface area (Å²) in [6.45, 7) is 0. The van der Waals surface area contributed by atoms with E-state index in [1.807, 2.05) is 36.4 Å². The van der Waals surface area contributed by atoms with Crippen molar-refractivity contribution in [3.8, 4) is 11.5 Å². The molecule has 0 aliphatic rings. The number of fused-ring (bicyclic) bond motifs is 1. The minimum absolute atomic E-state index is 0.586. The lowest BCUT2D eigenvalue weighted by molar-refractivity contribution is 0.620. The number of hydrogen-bond acceptors (Lipinski definition) is 2. The Balaban J connectivity index is 2.10. The van der Waals surface area contributed by atoms with Crippen molar-refractivity contribution in [2.45, 2.75) is 5.33 Å². The Labute approximate surface area is 118 Å². The Kier molecular flexibility index (Phi) is 3.10. The third-order valence-electron chi connectivity index (χ3n) is 2.72. The second-order valence-corrected chi connectivity index (χ2v) is 4.91. The summed E-state index contributed by atoms with van der Waals surface area (Å²) in [5, 5.41) is 1.43. The maximum atomic E-state index is 6.07. The first kappa shape index (κ1) is 11.8. The molecule has 0 aliphatic heterocycles. The number of aromatic nitrogens is 1. The molecule has 0 saturated carbocycles. The highest BCUT2D eigenvalue weighted by atomic mass is 79.9. The van der Waals surface area contributed by atoms with Crippen LogP contribution in [-0.4, -0.2) is 4.98 Å². The molecular weight excluding hydrogens is 314 g/mol. The smallest absolute Gasteiger partial charge is 0.227 e. The third-order valence-corrected chi connectivity index (χ3v) is 3.67. The summed E-state index contributed by atoms with van der Waals surface area (Å²) in [4.78, 5) is 4.44. The van der Waals surface area contributed by atoms with Gasteiger partial charge in [0.15, 0.2) is 5.58 Å². The zero-order chi connectivity index (χ0) is 12.5. The average Bonchev–Trinajstić information content (AvgIpc) is 2.84. The van der Waals surface area contributed by atoms with E-state index >= 15 is 0 Å². The van der Waals surface area contributed by atoms with Gasteiger partial charge in [0.05, 0.1) is 5.02 Å². The van der Waals surface area contributed by atoms with Gasteiger partial charge < -0.3 is 4.42 Å². The maximum Gasteiger partial charge on any atom is 0.227 e. The Morgan fingerprint density at radius 2 is 1.89 bits per heavy atom. The van der Waals surface area contributed by atoms with E-state index in [9.17, 15) is 0 Å². The SMILES string of the molecule is Clc1cccc2nc(-c3ccc(CBr)cc3)oc12. The van der Waals surface area contributed by atoms with Crippen molar-refractivity contribution >= 4 is 38.6 Å². The van der Waals surface area contributed by atoms with Gasteiger partial charge in [-0.05, 0) is 29.8 Å². The maximum absolute atomic E-state index is 6.07. The highest BCUT2D eigenvalue weighted by Crippen LogP contribution is 2.29. The van der Waals surface area contributed by atoms with Crippen LogP contribution in [0.3, 0.4) is 0 Å². The normalized spacial score (nSPS) is 11.0. The molecule has 0 unspecified atom stereocenters. The molecule has 0 saturated heterocycles. The summed E-state index contributed by atoms with van der Waals surface area (Å²) in [7, 11) is 0. The molecule has 0 amide bonds. The fourth-order valence-corrected chi connectivity index (χ4v) is 2.36. The van der Waals surface area contributed by atoms with Gasteiger partial charge in [-0.1, -0.05) is 45.7 Å².